The molecule has 0 radical (unpaired) electrons. The monoisotopic (exact) mass is 506 g/mol. The molecule has 0 amide bonds. The van der Waals surface area contributed by atoms with E-state index in [1.807, 2.05) is 66.7 Å². The van der Waals surface area contributed by atoms with Crippen molar-refractivity contribution in [2.24, 2.45) is 0 Å². The molecule has 1 aliphatic rings. The van der Waals surface area contributed by atoms with Crippen LogP contribution in [0.25, 0.3) is 21.9 Å². The molecule has 0 aromatic heterocycles. The first-order valence-corrected chi connectivity index (χ1v) is 12.0. The van der Waals surface area contributed by atoms with E-state index >= 15 is 0 Å². The number of aliphatic hydroxyl groups is 2. The van der Waals surface area contributed by atoms with Crippen LogP contribution in [0.3, 0.4) is 0 Å². The molecule has 7 heteroatoms. The van der Waals surface area contributed by atoms with E-state index in [0.717, 1.165) is 22.1 Å². The first-order chi connectivity index (χ1) is 17.5. The summed E-state index contributed by atoms with van der Waals surface area (Å²) >= 11 is 0. The zero-order chi connectivity index (χ0) is 25.1. The van der Waals surface area contributed by atoms with Gasteiger partial charge in [0.05, 0.1) is 18.2 Å². The molecule has 4 aromatic rings. The number of carbonyl (C=O) groups excluding carboxylic acids is 1. The second kappa shape index (κ2) is 11.8. The smallest absolute Gasteiger partial charge is 0.545 e. The molecule has 1 heterocycles. The van der Waals surface area contributed by atoms with Crippen molar-refractivity contribution >= 4 is 16.7 Å². The summed E-state index contributed by atoms with van der Waals surface area (Å²) < 4.78 is 11.5. The van der Waals surface area contributed by atoms with Crippen LogP contribution in [0.1, 0.15) is 39.9 Å². The molecular formula is C30H27NaO6. The van der Waals surface area contributed by atoms with Gasteiger partial charge in [-0.2, -0.15) is 0 Å². The van der Waals surface area contributed by atoms with Crippen LogP contribution in [0.15, 0.2) is 78.9 Å². The van der Waals surface area contributed by atoms with Gasteiger partial charge in [-0.1, -0.05) is 54.6 Å². The van der Waals surface area contributed by atoms with Crippen molar-refractivity contribution in [2.75, 3.05) is 13.2 Å². The van der Waals surface area contributed by atoms with Crippen LogP contribution in [0.5, 0.6) is 5.75 Å². The summed E-state index contributed by atoms with van der Waals surface area (Å²) in [6, 6.07) is 24.2. The Bertz CT molecular complexity index is 1400. The molecule has 0 atom stereocenters. The van der Waals surface area contributed by atoms with Crippen molar-refractivity contribution in [1.82, 2.24) is 0 Å². The van der Waals surface area contributed by atoms with Gasteiger partial charge in [0, 0.05) is 31.6 Å². The minimum atomic E-state index is -1.34. The Morgan fingerprint density at radius 3 is 2.43 bits per heavy atom. The summed E-state index contributed by atoms with van der Waals surface area (Å²) in [5, 5.41) is 34.4. The minimum Gasteiger partial charge on any atom is -0.545 e. The Kier molecular flexibility index (Phi) is 8.70. The number of fused-ring (bicyclic) bond motifs is 1. The van der Waals surface area contributed by atoms with Crippen LogP contribution in [0.4, 0.5) is 0 Å². The second-order valence-corrected chi connectivity index (χ2v) is 9.11. The topological polar surface area (TPSA) is 99.1 Å². The predicted molar refractivity (Wildman–Crippen MR) is 134 cm³/mol. The molecule has 1 fully saturated rings. The van der Waals surface area contributed by atoms with Gasteiger partial charge >= 0.3 is 29.6 Å². The standard InChI is InChI=1S/C30H28O6.Na/c31-18-27-26(29(32)33)17-22-16-24(9-10-25(22)28(27)21-6-2-1-3-7-21)36-19-20-5-4-8-23(15-20)30(34)11-13-35-14-12-30;/h1-10,15-17,31,34H,11-14,18-19H2,(H,32,33);/q;+1/p-1. The average molecular weight is 507 g/mol. The van der Waals surface area contributed by atoms with Gasteiger partial charge in [-0.3, -0.25) is 0 Å². The zero-order valence-electron chi connectivity index (χ0n) is 20.8. The average Bonchev–Trinajstić information content (AvgIpc) is 2.91. The molecule has 0 aliphatic carbocycles. The Morgan fingerprint density at radius 2 is 1.73 bits per heavy atom. The van der Waals surface area contributed by atoms with E-state index in [9.17, 15) is 20.1 Å². The van der Waals surface area contributed by atoms with Gasteiger partial charge < -0.3 is 29.6 Å². The van der Waals surface area contributed by atoms with E-state index in [4.69, 9.17) is 9.47 Å². The van der Waals surface area contributed by atoms with Crippen LogP contribution in [0.2, 0.25) is 0 Å². The molecule has 2 N–H and O–H groups in total. The van der Waals surface area contributed by atoms with Crippen LogP contribution in [-0.4, -0.2) is 29.4 Å². The van der Waals surface area contributed by atoms with Crippen molar-refractivity contribution in [1.29, 1.82) is 0 Å². The van der Waals surface area contributed by atoms with Gasteiger partial charge in [0.25, 0.3) is 0 Å². The fourth-order valence-corrected chi connectivity index (χ4v) is 4.91. The molecule has 1 saturated heterocycles. The number of carbonyl (C=O) groups is 1. The fourth-order valence-electron chi connectivity index (χ4n) is 4.91. The molecule has 4 aromatic carbocycles. The summed E-state index contributed by atoms with van der Waals surface area (Å²) in [6.45, 7) is 0.937. The molecule has 184 valence electrons. The molecule has 5 rings (SSSR count). The van der Waals surface area contributed by atoms with Gasteiger partial charge in [0.15, 0.2) is 0 Å². The Labute approximate surface area is 237 Å². The van der Waals surface area contributed by atoms with Crippen molar-refractivity contribution in [3.05, 3.63) is 101 Å². The maximum absolute atomic E-state index is 11.9. The van der Waals surface area contributed by atoms with E-state index in [2.05, 4.69) is 0 Å². The maximum Gasteiger partial charge on any atom is 1.00 e. The predicted octanol–water partition coefficient (Wildman–Crippen LogP) is 0.944. The van der Waals surface area contributed by atoms with Crippen LogP contribution < -0.4 is 39.4 Å². The molecule has 6 nitrogen and oxygen atoms in total. The van der Waals surface area contributed by atoms with Crippen molar-refractivity contribution in [3.8, 4) is 16.9 Å². The summed E-state index contributed by atoms with van der Waals surface area (Å²) in [7, 11) is 0. The Balaban J connectivity index is 0.00000320. The second-order valence-electron chi connectivity index (χ2n) is 9.11. The molecule has 1 aliphatic heterocycles. The molecular weight excluding hydrogens is 479 g/mol. The van der Waals surface area contributed by atoms with E-state index < -0.39 is 18.2 Å². The van der Waals surface area contributed by atoms with Gasteiger partial charge in [-0.05, 0) is 62.9 Å². The normalized spacial score (nSPS) is 14.6. The molecule has 0 saturated carbocycles. The van der Waals surface area contributed by atoms with E-state index in [-0.39, 0.29) is 35.1 Å². The minimum absolute atomic E-state index is 0. The summed E-state index contributed by atoms with van der Waals surface area (Å²) in [4.78, 5) is 11.9. The van der Waals surface area contributed by atoms with E-state index in [0.29, 0.717) is 54.9 Å². The molecule has 0 unspecified atom stereocenters. The number of hydrogen-bond acceptors (Lipinski definition) is 6. The van der Waals surface area contributed by atoms with Gasteiger partial charge in [-0.25, -0.2) is 0 Å². The number of aromatic carboxylic acids is 1. The number of aliphatic hydroxyl groups excluding tert-OH is 1. The maximum atomic E-state index is 11.9. The molecule has 0 spiro atoms. The summed E-state index contributed by atoms with van der Waals surface area (Å²) in [6.07, 6.45) is 1.12. The van der Waals surface area contributed by atoms with Crippen molar-refractivity contribution < 1.29 is 59.1 Å². The number of ether oxygens (including phenoxy) is 2. The summed E-state index contributed by atoms with van der Waals surface area (Å²) in [5.74, 6) is -0.759. The van der Waals surface area contributed by atoms with Crippen LogP contribution in [0, 0.1) is 0 Å². The van der Waals surface area contributed by atoms with Gasteiger partial charge in [0.2, 0.25) is 0 Å². The number of carboxylic acid groups (broad SMARTS) is 1. The van der Waals surface area contributed by atoms with Crippen LogP contribution >= 0.6 is 0 Å². The first kappa shape index (κ1) is 27.3. The quantitative estimate of drug-likeness (QED) is 0.362. The number of carboxylic acids is 1. The van der Waals surface area contributed by atoms with Crippen LogP contribution in [-0.2, 0) is 23.6 Å². The largest absolute Gasteiger partial charge is 1.00 e. The third-order valence-corrected chi connectivity index (χ3v) is 6.85. The van der Waals surface area contributed by atoms with Crippen molar-refractivity contribution in [3.63, 3.8) is 0 Å². The van der Waals surface area contributed by atoms with E-state index in [1.165, 1.54) is 6.07 Å². The zero-order valence-corrected chi connectivity index (χ0v) is 22.8. The Morgan fingerprint density at radius 1 is 0.973 bits per heavy atom. The van der Waals surface area contributed by atoms with Gasteiger partial charge in [-0.15, -0.1) is 0 Å². The Hall–Kier alpha value is -2.71. The SMILES string of the molecule is O=C([O-])c1cc2cc(OCc3cccc(C4(O)CCOCC4)c3)ccc2c(-c2ccccc2)c1CO.[Na+]. The molecule has 37 heavy (non-hydrogen) atoms. The number of rotatable bonds is 7. The van der Waals surface area contributed by atoms with Gasteiger partial charge in [0.1, 0.15) is 12.4 Å². The summed E-state index contributed by atoms with van der Waals surface area (Å²) in [5.41, 5.74) is 2.64. The number of benzene rings is 4. The van der Waals surface area contributed by atoms with E-state index in [1.54, 1.807) is 6.07 Å². The first-order valence-electron chi connectivity index (χ1n) is 12.0. The third kappa shape index (κ3) is 5.75. The number of hydrogen-bond donors (Lipinski definition) is 2. The fraction of sp³-hybridized carbons (Fsp3) is 0.233. The third-order valence-electron chi connectivity index (χ3n) is 6.85. The molecule has 0 bridgehead atoms. The van der Waals surface area contributed by atoms with Crippen molar-refractivity contribution in [2.45, 2.75) is 31.7 Å².